The van der Waals surface area contributed by atoms with Crippen LogP contribution in [0.5, 0.6) is 0 Å². The van der Waals surface area contributed by atoms with Crippen molar-refractivity contribution >= 4 is 11.6 Å². The van der Waals surface area contributed by atoms with Gasteiger partial charge in [-0.15, -0.1) is 0 Å². The van der Waals surface area contributed by atoms with Crippen molar-refractivity contribution in [3.8, 4) is 0 Å². The first-order valence-electron chi connectivity index (χ1n) is 6.35. The van der Waals surface area contributed by atoms with Gasteiger partial charge in [-0.25, -0.2) is 0 Å². The molecule has 4 nitrogen and oxygen atoms in total. The Labute approximate surface area is 115 Å². The van der Waals surface area contributed by atoms with Gasteiger partial charge >= 0.3 is 0 Å². The molecule has 0 aliphatic heterocycles. The van der Waals surface area contributed by atoms with Crippen LogP contribution in [0.1, 0.15) is 31.5 Å². The van der Waals surface area contributed by atoms with Crippen molar-refractivity contribution in [2.45, 2.75) is 45.2 Å². The molecule has 0 spiro atoms. The van der Waals surface area contributed by atoms with Crippen molar-refractivity contribution in [2.75, 3.05) is 14.1 Å². The van der Waals surface area contributed by atoms with Gasteiger partial charge in [-0.2, -0.15) is 5.10 Å². The molecule has 18 heavy (non-hydrogen) atoms. The molecule has 0 aliphatic carbocycles. The number of halogens is 1. The van der Waals surface area contributed by atoms with Gasteiger partial charge in [0.25, 0.3) is 0 Å². The van der Waals surface area contributed by atoms with Gasteiger partial charge in [-0.3, -0.25) is 4.68 Å². The molecule has 0 aromatic carbocycles. The summed E-state index contributed by atoms with van der Waals surface area (Å²) >= 11 is 6.26. The molecule has 104 valence electrons. The second kappa shape index (κ2) is 5.59. The molecule has 5 heteroatoms. The number of rotatable bonds is 5. The van der Waals surface area contributed by atoms with Gasteiger partial charge in [-0.1, -0.05) is 18.5 Å². The summed E-state index contributed by atoms with van der Waals surface area (Å²) in [6, 6.07) is 0.0258. The third-order valence-corrected chi connectivity index (χ3v) is 4.70. The standard InChI is InChI=1S/C13H25ClN4/c1-7-13(3,17(4)5)11(15)8-10-9(2)16-18(6)12(10)14/h11H,7-8,15H2,1-6H3. The lowest BCUT2D eigenvalue weighted by Crippen LogP contribution is -2.55. The van der Waals surface area contributed by atoms with Gasteiger partial charge < -0.3 is 10.6 Å². The van der Waals surface area contributed by atoms with Crippen LogP contribution in [-0.4, -0.2) is 40.4 Å². The van der Waals surface area contributed by atoms with Gasteiger partial charge in [0, 0.05) is 24.2 Å². The minimum Gasteiger partial charge on any atom is -0.326 e. The molecule has 0 bridgehead atoms. The van der Waals surface area contributed by atoms with Crippen LogP contribution in [0.3, 0.4) is 0 Å². The predicted molar refractivity (Wildman–Crippen MR) is 77.0 cm³/mol. The SMILES string of the molecule is CCC(C)(C(N)Cc1c(C)nn(C)c1Cl)N(C)C. The van der Waals surface area contributed by atoms with E-state index in [1.807, 2.05) is 14.0 Å². The first-order chi connectivity index (χ1) is 8.24. The molecule has 0 fully saturated rings. The van der Waals surface area contributed by atoms with Crippen LogP contribution in [0.25, 0.3) is 0 Å². The number of likely N-dealkylation sites (N-methyl/N-ethyl adjacent to an activating group) is 1. The van der Waals surface area contributed by atoms with E-state index in [1.54, 1.807) is 4.68 Å². The lowest BCUT2D eigenvalue weighted by atomic mass is 9.85. The van der Waals surface area contributed by atoms with Crippen LogP contribution < -0.4 is 5.73 Å². The summed E-state index contributed by atoms with van der Waals surface area (Å²) in [5.74, 6) is 0. The van der Waals surface area contributed by atoms with E-state index >= 15 is 0 Å². The molecule has 1 heterocycles. The highest BCUT2D eigenvalue weighted by Crippen LogP contribution is 2.26. The van der Waals surface area contributed by atoms with E-state index < -0.39 is 0 Å². The van der Waals surface area contributed by atoms with Crippen LogP contribution >= 0.6 is 11.6 Å². The molecule has 0 saturated heterocycles. The van der Waals surface area contributed by atoms with Gasteiger partial charge in [0.05, 0.1) is 5.69 Å². The Hall–Kier alpha value is -0.580. The largest absolute Gasteiger partial charge is 0.326 e. The van der Waals surface area contributed by atoms with E-state index in [2.05, 4.69) is 37.9 Å². The summed E-state index contributed by atoms with van der Waals surface area (Å²) in [6.45, 7) is 6.34. The van der Waals surface area contributed by atoms with Crippen LogP contribution in [0.4, 0.5) is 0 Å². The molecular weight excluding hydrogens is 248 g/mol. The first kappa shape index (κ1) is 15.5. The average molecular weight is 273 g/mol. The van der Waals surface area contributed by atoms with Crippen LogP contribution in [0, 0.1) is 6.92 Å². The van der Waals surface area contributed by atoms with Gasteiger partial charge in [0.1, 0.15) is 5.15 Å². The molecule has 2 atom stereocenters. The van der Waals surface area contributed by atoms with Gasteiger partial charge in [0.15, 0.2) is 0 Å². The van der Waals surface area contributed by atoms with Gasteiger partial charge in [-0.05, 0) is 40.8 Å². The maximum Gasteiger partial charge on any atom is 0.130 e. The lowest BCUT2D eigenvalue weighted by molar-refractivity contribution is 0.131. The number of aromatic nitrogens is 2. The average Bonchev–Trinajstić information content (AvgIpc) is 2.54. The van der Waals surface area contributed by atoms with Gasteiger partial charge in [0.2, 0.25) is 0 Å². The fourth-order valence-corrected chi connectivity index (χ4v) is 2.51. The highest BCUT2D eigenvalue weighted by Gasteiger charge is 2.33. The topological polar surface area (TPSA) is 47.1 Å². The molecule has 1 aromatic heterocycles. The summed E-state index contributed by atoms with van der Waals surface area (Å²) < 4.78 is 1.71. The highest BCUT2D eigenvalue weighted by atomic mass is 35.5. The van der Waals surface area contributed by atoms with E-state index in [0.29, 0.717) is 5.15 Å². The smallest absolute Gasteiger partial charge is 0.130 e. The van der Waals surface area contributed by atoms with E-state index in [1.165, 1.54) is 0 Å². The normalized spacial score (nSPS) is 16.9. The fourth-order valence-electron chi connectivity index (χ4n) is 2.26. The second-order valence-electron chi connectivity index (χ2n) is 5.39. The van der Waals surface area contributed by atoms with Crippen molar-refractivity contribution in [2.24, 2.45) is 12.8 Å². The Kier molecular flexibility index (Phi) is 4.81. The Morgan fingerprint density at radius 1 is 1.50 bits per heavy atom. The van der Waals surface area contributed by atoms with Crippen molar-refractivity contribution in [1.29, 1.82) is 0 Å². The Balaban J connectivity index is 2.97. The van der Waals surface area contributed by atoms with Crippen LogP contribution in [0.15, 0.2) is 0 Å². The fraction of sp³-hybridized carbons (Fsp3) is 0.769. The van der Waals surface area contributed by atoms with E-state index in [-0.39, 0.29) is 11.6 Å². The van der Waals surface area contributed by atoms with Crippen molar-refractivity contribution in [3.63, 3.8) is 0 Å². The third-order valence-electron chi connectivity index (χ3n) is 4.23. The quantitative estimate of drug-likeness (QED) is 0.892. The number of nitrogens with two attached hydrogens (primary N) is 1. The zero-order valence-electron chi connectivity index (χ0n) is 12.3. The Morgan fingerprint density at radius 3 is 2.39 bits per heavy atom. The number of aryl methyl sites for hydroxylation is 2. The number of hydrogen-bond donors (Lipinski definition) is 1. The monoisotopic (exact) mass is 272 g/mol. The van der Waals surface area contributed by atoms with Crippen molar-refractivity contribution < 1.29 is 0 Å². The first-order valence-corrected chi connectivity index (χ1v) is 6.72. The summed E-state index contributed by atoms with van der Waals surface area (Å²) in [7, 11) is 6.00. The number of nitrogens with zero attached hydrogens (tertiary/aromatic N) is 3. The summed E-state index contributed by atoms with van der Waals surface area (Å²) in [5.41, 5.74) is 8.40. The zero-order valence-corrected chi connectivity index (χ0v) is 13.0. The maximum atomic E-state index is 6.41. The molecule has 1 rings (SSSR count). The minimum atomic E-state index is -0.0361. The van der Waals surface area contributed by atoms with Crippen molar-refractivity contribution in [3.05, 3.63) is 16.4 Å². The number of hydrogen-bond acceptors (Lipinski definition) is 3. The highest BCUT2D eigenvalue weighted by molar-refractivity contribution is 6.30. The second-order valence-corrected chi connectivity index (χ2v) is 5.75. The molecule has 0 saturated carbocycles. The lowest BCUT2D eigenvalue weighted by Gasteiger charge is -2.41. The minimum absolute atomic E-state index is 0.0258. The molecule has 1 aromatic rings. The third kappa shape index (κ3) is 2.71. The Morgan fingerprint density at radius 2 is 2.06 bits per heavy atom. The summed E-state index contributed by atoms with van der Waals surface area (Å²) in [5, 5.41) is 5.03. The summed E-state index contributed by atoms with van der Waals surface area (Å²) in [6.07, 6.45) is 1.75. The Bertz CT molecular complexity index is 413. The predicted octanol–water partition coefficient (Wildman–Crippen LogP) is 1.98. The zero-order chi connectivity index (χ0) is 14.1. The molecule has 0 aliphatic rings. The molecule has 0 radical (unpaired) electrons. The van der Waals surface area contributed by atoms with Crippen LogP contribution in [0.2, 0.25) is 5.15 Å². The molecule has 2 N–H and O–H groups in total. The molecular formula is C13H25ClN4. The van der Waals surface area contributed by atoms with E-state index in [0.717, 1.165) is 24.1 Å². The summed E-state index contributed by atoms with van der Waals surface area (Å²) in [4.78, 5) is 2.19. The molecule has 0 amide bonds. The molecule has 2 unspecified atom stereocenters. The van der Waals surface area contributed by atoms with E-state index in [4.69, 9.17) is 17.3 Å². The maximum absolute atomic E-state index is 6.41. The van der Waals surface area contributed by atoms with E-state index in [9.17, 15) is 0 Å². The van der Waals surface area contributed by atoms with Crippen molar-refractivity contribution in [1.82, 2.24) is 14.7 Å². The van der Waals surface area contributed by atoms with Crippen LogP contribution in [-0.2, 0) is 13.5 Å².